The second kappa shape index (κ2) is 6.58. The maximum Gasteiger partial charge on any atom is 0.00962 e. The van der Waals surface area contributed by atoms with Crippen molar-refractivity contribution in [2.24, 2.45) is 11.3 Å². The maximum absolute atomic E-state index is 3.88. The van der Waals surface area contributed by atoms with Crippen LogP contribution in [0.5, 0.6) is 0 Å². The van der Waals surface area contributed by atoms with E-state index in [9.17, 15) is 0 Å². The fraction of sp³-hybridized carbons (Fsp3) is 1.00. The number of likely N-dealkylation sites (tertiary alicyclic amines) is 1. The fourth-order valence-corrected chi connectivity index (χ4v) is 5.01. The van der Waals surface area contributed by atoms with E-state index in [0.29, 0.717) is 5.41 Å². The molecule has 2 heteroatoms. The molecule has 21 heavy (non-hydrogen) atoms. The van der Waals surface area contributed by atoms with Gasteiger partial charge in [0, 0.05) is 31.2 Å². The number of rotatable bonds is 6. The standard InChI is InChI=1S/C19H36N2/c1-4-18-10-7-16(3)21(18)14-19(13-20-17-8-9-17)11-5-6-15(2)12-19/h15-18,20H,4-14H2,1-3H3. The van der Waals surface area contributed by atoms with Crippen molar-refractivity contribution in [3.05, 3.63) is 0 Å². The fourth-order valence-electron chi connectivity index (χ4n) is 5.01. The van der Waals surface area contributed by atoms with Crippen LogP contribution in [-0.4, -0.2) is 36.1 Å². The lowest BCUT2D eigenvalue weighted by Crippen LogP contribution is -2.49. The van der Waals surface area contributed by atoms with Gasteiger partial charge in [0.2, 0.25) is 0 Å². The van der Waals surface area contributed by atoms with Gasteiger partial charge in [0.25, 0.3) is 0 Å². The van der Waals surface area contributed by atoms with Crippen LogP contribution in [-0.2, 0) is 0 Å². The third-order valence-electron chi connectivity index (χ3n) is 6.47. The quantitative estimate of drug-likeness (QED) is 0.789. The minimum absolute atomic E-state index is 0.562. The van der Waals surface area contributed by atoms with E-state index in [1.165, 1.54) is 70.9 Å². The molecule has 1 N–H and O–H groups in total. The van der Waals surface area contributed by atoms with Crippen molar-refractivity contribution >= 4 is 0 Å². The summed E-state index contributed by atoms with van der Waals surface area (Å²) in [5.41, 5.74) is 0.562. The minimum atomic E-state index is 0.562. The molecular formula is C19H36N2. The van der Waals surface area contributed by atoms with E-state index in [1.807, 2.05) is 0 Å². The van der Waals surface area contributed by atoms with Crippen molar-refractivity contribution < 1.29 is 0 Å². The first-order chi connectivity index (χ1) is 10.1. The molecule has 0 aromatic carbocycles. The van der Waals surface area contributed by atoms with Gasteiger partial charge in [0.15, 0.2) is 0 Å². The Morgan fingerprint density at radius 2 is 1.90 bits per heavy atom. The predicted octanol–water partition coefficient (Wildman–Crippen LogP) is 4.20. The zero-order valence-corrected chi connectivity index (χ0v) is 14.5. The van der Waals surface area contributed by atoms with E-state index in [1.54, 1.807) is 0 Å². The molecule has 0 amide bonds. The summed E-state index contributed by atoms with van der Waals surface area (Å²) in [6.07, 6.45) is 12.8. The molecule has 0 bridgehead atoms. The van der Waals surface area contributed by atoms with Gasteiger partial charge >= 0.3 is 0 Å². The van der Waals surface area contributed by atoms with Gasteiger partial charge in [-0.25, -0.2) is 0 Å². The molecule has 2 nitrogen and oxygen atoms in total. The van der Waals surface area contributed by atoms with Gasteiger partial charge in [-0.1, -0.05) is 26.7 Å². The van der Waals surface area contributed by atoms with E-state index in [0.717, 1.165) is 24.0 Å². The van der Waals surface area contributed by atoms with Crippen molar-refractivity contribution in [1.82, 2.24) is 10.2 Å². The lowest BCUT2D eigenvalue weighted by molar-refractivity contribution is 0.0562. The molecular weight excluding hydrogens is 256 g/mol. The number of hydrogen-bond acceptors (Lipinski definition) is 2. The summed E-state index contributed by atoms with van der Waals surface area (Å²) in [6.45, 7) is 9.96. The highest BCUT2D eigenvalue weighted by Gasteiger charge is 2.41. The molecule has 0 aromatic rings. The van der Waals surface area contributed by atoms with Crippen LogP contribution in [0.4, 0.5) is 0 Å². The third-order valence-corrected chi connectivity index (χ3v) is 6.47. The SMILES string of the molecule is CCC1CCC(C)N1CC1(CNC2CC2)CCCC(C)C1. The minimum Gasteiger partial charge on any atom is -0.313 e. The lowest BCUT2D eigenvalue weighted by atomic mass is 9.69. The summed E-state index contributed by atoms with van der Waals surface area (Å²) in [4.78, 5) is 2.88. The summed E-state index contributed by atoms with van der Waals surface area (Å²) < 4.78 is 0. The van der Waals surface area contributed by atoms with Gasteiger partial charge < -0.3 is 5.32 Å². The van der Waals surface area contributed by atoms with E-state index in [-0.39, 0.29) is 0 Å². The van der Waals surface area contributed by atoms with E-state index in [2.05, 4.69) is 31.0 Å². The van der Waals surface area contributed by atoms with Crippen LogP contribution >= 0.6 is 0 Å². The van der Waals surface area contributed by atoms with Crippen LogP contribution in [0, 0.1) is 11.3 Å². The highest BCUT2D eigenvalue weighted by Crippen LogP contribution is 2.42. The van der Waals surface area contributed by atoms with Crippen LogP contribution in [0.25, 0.3) is 0 Å². The van der Waals surface area contributed by atoms with Crippen LogP contribution in [0.1, 0.15) is 78.6 Å². The van der Waals surface area contributed by atoms with Crippen LogP contribution in [0.3, 0.4) is 0 Å². The Labute approximate surface area is 132 Å². The first-order valence-electron chi connectivity index (χ1n) is 9.61. The summed E-state index contributed by atoms with van der Waals surface area (Å²) in [5, 5.41) is 3.88. The van der Waals surface area contributed by atoms with Gasteiger partial charge in [0.05, 0.1) is 0 Å². The summed E-state index contributed by atoms with van der Waals surface area (Å²) >= 11 is 0. The molecule has 2 aliphatic carbocycles. The summed E-state index contributed by atoms with van der Waals surface area (Å²) in [5.74, 6) is 0.928. The average Bonchev–Trinajstić information content (AvgIpc) is 3.23. The van der Waals surface area contributed by atoms with Gasteiger partial charge in [0.1, 0.15) is 0 Å². The molecule has 3 rings (SSSR count). The zero-order valence-electron chi connectivity index (χ0n) is 14.5. The highest BCUT2D eigenvalue weighted by molar-refractivity contribution is 4.96. The highest BCUT2D eigenvalue weighted by atomic mass is 15.2. The van der Waals surface area contributed by atoms with Crippen LogP contribution in [0.15, 0.2) is 0 Å². The molecule has 1 aliphatic heterocycles. The van der Waals surface area contributed by atoms with Crippen LogP contribution < -0.4 is 5.32 Å². The first kappa shape index (κ1) is 15.8. The molecule has 0 radical (unpaired) electrons. The monoisotopic (exact) mass is 292 g/mol. The van der Waals surface area contributed by atoms with E-state index >= 15 is 0 Å². The Bertz CT molecular complexity index is 338. The van der Waals surface area contributed by atoms with E-state index < -0.39 is 0 Å². The Kier molecular flexibility index (Phi) is 4.95. The normalized spacial score (nSPS) is 41.6. The Hall–Kier alpha value is -0.0800. The van der Waals surface area contributed by atoms with Crippen molar-refractivity contribution in [2.75, 3.05) is 13.1 Å². The maximum atomic E-state index is 3.88. The average molecular weight is 293 g/mol. The molecule has 1 saturated heterocycles. The smallest absolute Gasteiger partial charge is 0.00962 e. The van der Waals surface area contributed by atoms with E-state index in [4.69, 9.17) is 0 Å². The lowest BCUT2D eigenvalue weighted by Gasteiger charge is -2.45. The van der Waals surface area contributed by atoms with Crippen molar-refractivity contribution in [3.63, 3.8) is 0 Å². The van der Waals surface area contributed by atoms with Crippen LogP contribution in [0.2, 0.25) is 0 Å². The zero-order chi connectivity index (χ0) is 14.9. The molecule has 3 fully saturated rings. The summed E-state index contributed by atoms with van der Waals surface area (Å²) in [6, 6.07) is 2.53. The van der Waals surface area contributed by atoms with Gasteiger partial charge in [-0.15, -0.1) is 0 Å². The second-order valence-corrected chi connectivity index (χ2v) is 8.52. The first-order valence-corrected chi connectivity index (χ1v) is 9.61. The largest absolute Gasteiger partial charge is 0.313 e. The second-order valence-electron chi connectivity index (χ2n) is 8.52. The number of hydrogen-bond donors (Lipinski definition) is 1. The molecule has 4 atom stereocenters. The Morgan fingerprint density at radius 1 is 1.10 bits per heavy atom. The van der Waals surface area contributed by atoms with Crippen molar-refractivity contribution in [1.29, 1.82) is 0 Å². The van der Waals surface area contributed by atoms with Crippen molar-refractivity contribution in [2.45, 2.75) is 96.7 Å². The number of nitrogens with one attached hydrogen (secondary N) is 1. The molecule has 1 heterocycles. The molecule has 3 aliphatic rings. The van der Waals surface area contributed by atoms with Gasteiger partial charge in [-0.2, -0.15) is 0 Å². The van der Waals surface area contributed by atoms with Gasteiger partial charge in [-0.3, -0.25) is 4.90 Å². The Morgan fingerprint density at radius 3 is 2.57 bits per heavy atom. The molecule has 2 saturated carbocycles. The third kappa shape index (κ3) is 3.82. The Balaban J connectivity index is 1.67. The van der Waals surface area contributed by atoms with Gasteiger partial charge in [-0.05, 0) is 63.2 Å². The molecule has 122 valence electrons. The molecule has 4 unspecified atom stereocenters. The summed E-state index contributed by atoms with van der Waals surface area (Å²) in [7, 11) is 0. The van der Waals surface area contributed by atoms with Crippen molar-refractivity contribution in [3.8, 4) is 0 Å². The topological polar surface area (TPSA) is 15.3 Å². The molecule has 0 aromatic heterocycles. The molecule has 0 spiro atoms. The number of nitrogens with zero attached hydrogens (tertiary/aromatic N) is 1. The predicted molar refractivity (Wildman–Crippen MR) is 90.6 cm³/mol.